The highest BCUT2D eigenvalue weighted by Gasteiger charge is 2.08. The number of ether oxygens (including phenoxy) is 1. The van der Waals surface area contributed by atoms with Crippen molar-refractivity contribution in [3.05, 3.63) is 102 Å². The Morgan fingerprint density at radius 1 is 0.926 bits per heavy atom. The summed E-state index contributed by atoms with van der Waals surface area (Å²) in [5.41, 5.74) is 1.54. The molecule has 0 saturated heterocycles. The molecule has 0 bridgehead atoms. The Bertz CT molecular complexity index is 1050. The van der Waals surface area contributed by atoms with Gasteiger partial charge < -0.3 is 14.5 Å². The minimum atomic E-state index is -0.140. The first-order valence-corrected chi connectivity index (χ1v) is 8.80. The number of carbonyl (C=O) groups is 1. The molecular formula is C23H19NO3. The molecule has 0 atom stereocenters. The second kappa shape index (κ2) is 7.79. The molecule has 0 radical (unpaired) electrons. The van der Waals surface area contributed by atoms with E-state index < -0.39 is 0 Å². The van der Waals surface area contributed by atoms with Gasteiger partial charge >= 0.3 is 0 Å². The lowest BCUT2D eigenvalue weighted by Crippen LogP contribution is -2.22. The first-order valence-electron chi connectivity index (χ1n) is 8.80. The van der Waals surface area contributed by atoms with Crippen LogP contribution in [0.4, 0.5) is 0 Å². The van der Waals surface area contributed by atoms with Crippen LogP contribution in [0.3, 0.4) is 0 Å². The summed E-state index contributed by atoms with van der Waals surface area (Å²) in [6, 6.07) is 25.2. The molecule has 0 fully saturated rings. The summed E-state index contributed by atoms with van der Waals surface area (Å²) in [6.07, 6.45) is 1.59. The molecule has 0 saturated carbocycles. The Labute approximate surface area is 157 Å². The average Bonchev–Trinajstić information content (AvgIpc) is 3.24. The summed E-state index contributed by atoms with van der Waals surface area (Å²) in [5.74, 6) is 1.41. The second-order valence-electron chi connectivity index (χ2n) is 6.23. The van der Waals surface area contributed by atoms with E-state index in [0.29, 0.717) is 18.7 Å². The quantitative estimate of drug-likeness (QED) is 0.532. The van der Waals surface area contributed by atoms with Gasteiger partial charge in [-0.05, 0) is 41.3 Å². The number of carbonyl (C=O) groups excluding carboxylic acids is 1. The number of hydrogen-bond acceptors (Lipinski definition) is 3. The van der Waals surface area contributed by atoms with Crippen LogP contribution in [0.25, 0.3) is 10.8 Å². The number of benzene rings is 3. The van der Waals surface area contributed by atoms with Gasteiger partial charge in [0.25, 0.3) is 5.91 Å². The lowest BCUT2D eigenvalue weighted by molar-refractivity contribution is 0.0948. The summed E-state index contributed by atoms with van der Waals surface area (Å²) in [5, 5.41) is 5.07. The van der Waals surface area contributed by atoms with Crippen LogP contribution in [0.5, 0.6) is 5.75 Å². The molecule has 1 amide bonds. The predicted molar refractivity (Wildman–Crippen MR) is 105 cm³/mol. The van der Waals surface area contributed by atoms with Crippen LogP contribution in [0.15, 0.2) is 89.5 Å². The summed E-state index contributed by atoms with van der Waals surface area (Å²) in [7, 11) is 0. The molecule has 27 heavy (non-hydrogen) atoms. The van der Waals surface area contributed by atoms with E-state index in [1.165, 1.54) is 0 Å². The number of amides is 1. The molecule has 4 rings (SSSR count). The normalized spacial score (nSPS) is 10.7. The maximum absolute atomic E-state index is 12.3. The van der Waals surface area contributed by atoms with Crippen molar-refractivity contribution in [3.8, 4) is 5.75 Å². The van der Waals surface area contributed by atoms with Gasteiger partial charge in [0.2, 0.25) is 0 Å². The van der Waals surface area contributed by atoms with Crippen molar-refractivity contribution in [3.63, 3.8) is 0 Å². The first-order chi connectivity index (χ1) is 13.3. The van der Waals surface area contributed by atoms with Gasteiger partial charge in [-0.1, -0.05) is 48.5 Å². The van der Waals surface area contributed by atoms with E-state index >= 15 is 0 Å². The number of hydrogen-bond donors (Lipinski definition) is 1. The maximum atomic E-state index is 12.3. The van der Waals surface area contributed by atoms with Crippen LogP contribution in [0, 0.1) is 0 Å². The van der Waals surface area contributed by atoms with Crippen molar-refractivity contribution >= 4 is 16.7 Å². The predicted octanol–water partition coefficient (Wildman–Crippen LogP) is 4.94. The zero-order valence-electron chi connectivity index (χ0n) is 14.7. The highest BCUT2D eigenvalue weighted by atomic mass is 16.5. The van der Waals surface area contributed by atoms with E-state index in [-0.39, 0.29) is 5.91 Å². The van der Waals surface area contributed by atoms with Gasteiger partial charge in [0, 0.05) is 10.9 Å². The molecule has 0 aliphatic carbocycles. The fourth-order valence-electron chi connectivity index (χ4n) is 2.97. The number of rotatable bonds is 6. The molecule has 1 N–H and O–H groups in total. The Kier molecular flexibility index (Phi) is 4.88. The molecule has 4 heteroatoms. The fraction of sp³-hybridized carbons (Fsp3) is 0.0870. The highest BCUT2D eigenvalue weighted by molar-refractivity contribution is 5.94. The maximum Gasteiger partial charge on any atom is 0.251 e. The van der Waals surface area contributed by atoms with Crippen LogP contribution in [0.1, 0.15) is 21.7 Å². The van der Waals surface area contributed by atoms with Gasteiger partial charge in [0.05, 0.1) is 12.8 Å². The first kappa shape index (κ1) is 16.9. The van der Waals surface area contributed by atoms with Crippen LogP contribution in [0.2, 0.25) is 0 Å². The molecule has 3 aromatic carbocycles. The van der Waals surface area contributed by atoms with Crippen LogP contribution < -0.4 is 10.1 Å². The molecule has 0 aliphatic heterocycles. The Morgan fingerprint density at radius 3 is 2.67 bits per heavy atom. The fourth-order valence-corrected chi connectivity index (χ4v) is 2.97. The van der Waals surface area contributed by atoms with Gasteiger partial charge in [-0.25, -0.2) is 0 Å². The number of furan rings is 1. The topological polar surface area (TPSA) is 51.5 Å². The standard InChI is InChI=1S/C23H19NO3/c25-23(24-15-20-10-5-13-26-20)19-9-3-6-17(14-19)16-27-22-12-4-8-18-7-1-2-11-21(18)22/h1-14H,15-16H2,(H,24,25). The number of nitrogens with one attached hydrogen (secondary N) is 1. The van der Waals surface area contributed by atoms with Gasteiger partial charge in [-0.3, -0.25) is 4.79 Å². The van der Waals surface area contributed by atoms with Crippen molar-refractivity contribution in [2.24, 2.45) is 0 Å². The lowest BCUT2D eigenvalue weighted by Gasteiger charge is -2.10. The zero-order chi connectivity index (χ0) is 18.5. The minimum absolute atomic E-state index is 0.140. The minimum Gasteiger partial charge on any atom is -0.488 e. The van der Waals surface area contributed by atoms with Crippen molar-refractivity contribution in [2.45, 2.75) is 13.2 Å². The van der Waals surface area contributed by atoms with Gasteiger partial charge in [0.1, 0.15) is 18.1 Å². The highest BCUT2D eigenvalue weighted by Crippen LogP contribution is 2.26. The zero-order valence-corrected chi connectivity index (χ0v) is 14.7. The van der Waals surface area contributed by atoms with Crippen LogP contribution in [-0.4, -0.2) is 5.91 Å². The summed E-state index contributed by atoms with van der Waals surface area (Å²) < 4.78 is 11.2. The third-order valence-electron chi connectivity index (χ3n) is 4.34. The van der Waals surface area contributed by atoms with Crippen LogP contribution >= 0.6 is 0 Å². The monoisotopic (exact) mass is 357 g/mol. The SMILES string of the molecule is O=C(NCc1ccco1)c1cccc(COc2cccc3ccccc23)c1. The molecular weight excluding hydrogens is 338 g/mol. The van der Waals surface area contributed by atoms with E-state index in [9.17, 15) is 4.79 Å². The van der Waals surface area contributed by atoms with E-state index in [2.05, 4.69) is 17.4 Å². The Morgan fingerprint density at radius 2 is 1.78 bits per heavy atom. The molecule has 1 heterocycles. The molecule has 1 aromatic heterocycles. The Hall–Kier alpha value is -3.53. The van der Waals surface area contributed by atoms with Crippen LogP contribution in [-0.2, 0) is 13.2 Å². The molecule has 134 valence electrons. The smallest absolute Gasteiger partial charge is 0.251 e. The van der Waals surface area contributed by atoms with E-state index in [0.717, 1.165) is 27.8 Å². The molecule has 0 aliphatic rings. The van der Waals surface area contributed by atoms with Crippen molar-refractivity contribution in [1.29, 1.82) is 0 Å². The van der Waals surface area contributed by atoms with Crippen molar-refractivity contribution < 1.29 is 13.9 Å². The van der Waals surface area contributed by atoms with Crippen molar-refractivity contribution in [2.75, 3.05) is 0 Å². The van der Waals surface area contributed by atoms with Gasteiger partial charge in [-0.2, -0.15) is 0 Å². The lowest BCUT2D eigenvalue weighted by atomic mass is 10.1. The van der Waals surface area contributed by atoms with Gasteiger partial charge in [0.15, 0.2) is 0 Å². The van der Waals surface area contributed by atoms with Crippen molar-refractivity contribution in [1.82, 2.24) is 5.32 Å². The third kappa shape index (κ3) is 4.01. The largest absolute Gasteiger partial charge is 0.488 e. The Balaban J connectivity index is 1.44. The summed E-state index contributed by atoms with van der Waals surface area (Å²) in [4.78, 5) is 12.3. The van der Waals surface area contributed by atoms with Gasteiger partial charge in [-0.15, -0.1) is 0 Å². The molecule has 0 unspecified atom stereocenters. The van der Waals surface area contributed by atoms with E-state index in [1.54, 1.807) is 18.4 Å². The summed E-state index contributed by atoms with van der Waals surface area (Å²) in [6.45, 7) is 0.760. The molecule has 4 nitrogen and oxygen atoms in total. The average molecular weight is 357 g/mol. The third-order valence-corrected chi connectivity index (χ3v) is 4.34. The summed E-state index contributed by atoms with van der Waals surface area (Å²) >= 11 is 0. The molecule has 4 aromatic rings. The second-order valence-corrected chi connectivity index (χ2v) is 6.23. The number of fused-ring (bicyclic) bond motifs is 1. The molecule has 0 spiro atoms. The van der Waals surface area contributed by atoms with E-state index in [1.807, 2.05) is 54.6 Å². The van der Waals surface area contributed by atoms with E-state index in [4.69, 9.17) is 9.15 Å².